The second kappa shape index (κ2) is 4.84. The number of fused-ring (bicyclic) bond motifs is 1. The van der Waals surface area contributed by atoms with Crippen LogP contribution in [0.1, 0.15) is 33.6 Å². The Balaban J connectivity index is 1.77. The Morgan fingerprint density at radius 3 is 2.79 bits per heavy atom. The molecular formula is C16H16N2O. The molecule has 0 aliphatic heterocycles. The largest absolute Gasteiger partial charge is 0.322 e. The number of rotatable bonds is 2. The molecule has 96 valence electrons. The Morgan fingerprint density at radius 1 is 1.16 bits per heavy atom. The van der Waals surface area contributed by atoms with Gasteiger partial charge in [0.05, 0.1) is 5.56 Å². The maximum Gasteiger partial charge on any atom is 0.257 e. The first-order valence-electron chi connectivity index (χ1n) is 6.58. The van der Waals surface area contributed by atoms with E-state index in [1.807, 2.05) is 19.1 Å². The first kappa shape index (κ1) is 11.9. The molecule has 0 fully saturated rings. The summed E-state index contributed by atoms with van der Waals surface area (Å²) in [6.07, 6.45) is 5.10. The molecule has 0 saturated heterocycles. The SMILES string of the molecule is Cc1ccc(C(=O)Nc2ccc3c(c2)CCC3)cn1. The van der Waals surface area contributed by atoms with Gasteiger partial charge in [-0.3, -0.25) is 9.78 Å². The summed E-state index contributed by atoms with van der Waals surface area (Å²) in [5.74, 6) is -0.106. The number of nitrogens with zero attached hydrogens (tertiary/aromatic N) is 1. The standard InChI is InChI=1S/C16H16N2O/c1-11-5-6-14(10-17-11)16(19)18-15-8-7-12-3-2-4-13(12)9-15/h5-10H,2-4H2,1H3,(H,18,19). The average molecular weight is 252 g/mol. The van der Waals surface area contributed by atoms with Crippen LogP contribution < -0.4 is 5.32 Å². The van der Waals surface area contributed by atoms with E-state index in [0.717, 1.165) is 24.2 Å². The number of aromatic nitrogens is 1. The predicted molar refractivity (Wildman–Crippen MR) is 75.4 cm³/mol. The number of hydrogen-bond acceptors (Lipinski definition) is 2. The molecule has 1 heterocycles. The molecule has 2 aromatic rings. The van der Waals surface area contributed by atoms with E-state index in [4.69, 9.17) is 0 Å². The zero-order chi connectivity index (χ0) is 13.2. The van der Waals surface area contributed by atoms with Crippen LogP contribution in [-0.2, 0) is 12.8 Å². The van der Waals surface area contributed by atoms with Gasteiger partial charge in [0.2, 0.25) is 0 Å². The number of anilines is 1. The van der Waals surface area contributed by atoms with Gasteiger partial charge in [0.25, 0.3) is 5.91 Å². The van der Waals surface area contributed by atoms with E-state index in [2.05, 4.69) is 22.4 Å². The molecule has 3 heteroatoms. The van der Waals surface area contributed by atoms with Crippen molar-refractivity contribution in [2.24, 2.45) is 0 Å². The van der Waals surface area contributed by atoms with Crippen LogP contribution in [0.15, 0.2) is 36.5 Å². The lowest BCUT2D eigenvalue weighted by Gasteiger charge is -2.07. The van der Waals surface area contributed by atoms with Crippen LogP contribution in [0.2, 0.25) is 0 Å². The zero-order valence-corrected chi connectivity index (χ0v) is 10.9. The summed E-state index contributed by atoms with van der Waals surface area (Å²) in [5, 5.41) is 2.93. The minimum absolute atomic E-state index is 0.106. The number of carbonyl (C=O) groups excluding carboxylic acids is 1. The molecule has 0 radical (unpaired) electrons. The summed E-state index contributed by atoms with van der Waals surface area (Å²) in [6.45, 7) is 1.90. The van der Waals surface area contributed by atoms with E-state index in [0.29, 0.717) is 5.56 Å². The summed E-state index contributed by atoms with van der Waals surface area (Å²) < 4.78 is 0. The van der Waals surface area contributed by atoms with Crippen molar-refractivity contribution < 1.29 is 4.79 Å². The Hall–Kier alpha value is -2.16. The Bertz CT molecular complexity index is 617. The second-order valence-electron chi connectivity index (χ2n) is 4.98. The van der Waals surface area contributed by atoms with Gasteiger partial charge < -0.3 is 5.32 Å². The van der Waals surface area contributed by atoms with Crippen LogP contribution in [0.3, 0.4) is 0 Å². The first-order chi connectivity index (χ1) is 9.22. The van der Waals surface area contributed by atoms with Crippen LogP contribution >= 0.6 is 0 Å². The van der Waals surface area contributed by atoms with Crippen molar-refractivity contribution >= 4 is 11.6 Å². The normalized spacial score (nSPS) is 13.1. The van der Waals surface area contributed by atoms with E-state index in [-0.39, 0.29) is 5.91 Å². The van der Waals surface area contributed by atoms with Crippen molar-refractivity contribution in [1.29, 1.82) is 0 Å². The molecule has 1 N–H and O–H groups in total. The van der Waals surface area contributed by atoms with Gasteiger partial charge in [-0.15, -0.1) is 0 Å². The average Bonchev–Trinajstić information content (AvgIpc) is 2.87. The summed E-state index contributed by atoms with van der Waals surface area (Å²) >= 11 is 0. The molecule has 3 rings (SSSR count). The summed E-state index contributed by atoms with van der Waals surface area (Å²) in [5.41, 5.74) is 5.14. The number of hydrogen-bond donors (Lipinski definition) is 1. The molecule has 19 heavy (non-hydrogen) atoms. The van der Waals surface area contributed by atoms with Gasteiger partial charge >= 0.3 is 0 Å². The molecule has 0 saturated carbocycles. The van der Waals surface area contributed by atoms with Gasteiger partial charge in [-0.05, 0) is 61.6 Å². The third kappa shape index (κ3) is 2.50. The highest BCUT2D eigenvalue weighted by molar-refractivity contribution is 6.04. The molecule has 1 aliphatic carbocycles. The van der Waals surface area contributed by atoms with Crippen molar-refractivity contribution in [2.75, 3.05) is 5.32 Å². The van der Waals surface area contributed by atoms with Gasteiger partial charge in [-0.2, -0.15) is 0 Å². The number of pyridine rings is 1. The van der Waals surface area contributed by atoms with E-state index < -0.39 is 0 Å². The molecule has 0 unspecified atom stereocenters. The molecule has 0 atom stereocenters. The summed E-state index contributed by atoms with van der Waals surface area (Å²) in [7, 11) is 0. The van der Waals surface area contributed by atoms with Gasteiger partial charge in [-0.1, -0.05) is 6.07 Å². The van der Waals surface area contributed by atoms with Crippen LogP contribution in [0.25, 0.3) is 0 Å². The van der Waals surface area contributed by atoms with Crippen molar-refractivity contribution in [2.45, 2.75) is 26.2 Å². The van der Waals surface area contributed by atoms with Crippen LogP contribution in [-0.4, -0.2) is 10.9 Å². The number of aryl methyl sites for hydroxylation is 3. The van der Waals surface area contributed by atoms with E-state index in [1.54, 1.807) is 12.3 Å². The minimum Gasteiger partial charge on any atom is -0.322 e. The molecule has 3 nitrogen and oxygen atoms in total. The van der Waals surface area contributed by atoms with Gasteiger partial charge in [0, 0.05) is 17.6 Å². The molecule has 0 bridgehead atoms. The third-order valence-corrected chi connectivity index (χ3v) is 3.53. The smallest absolute Gasteiger partial charge is 0.257 e. The molecular weight excluding hydrogens is 236 g/mol. The van der Waals surface area contributed by atoms with Crippen LogP contribution in [0.5, 0.6) is 0 Å². The third-order valence-electron chi connectivity index (χ3n) is 3.53. The molecule has 1 amide bonds. The lowest BCUT2D eigenvalue weighted by atomic mass is 10.1. The fraction of sp³-hybridized carbons (Fsp3) is 0.250. The molecule has 0 spiro atoms. The van der Waals surface area contributed by atoms with Crippen molar-refractivity contribution in [3.63, 3.8) is 0 Å². The monoisotopic (exact) mass is 252 g/mol. The lowest BCUT2D eigenvalue weighted by Crippen LogP contribution is -2.12. The minimum atomic E-state index is -0.106. The van der Waals surface area contributed by atoms with Gasteiger partial charge in [0.1, 0.15) is 0 Å². The Morgan fingerprint density at radius 2 is 2.00 bits per heavy atom. The van der Waals surface area contributed by atoms with Crippen molar-refractivity contribution in [3.05, 3.63) is 58.9 Å². The predicted octanol–water partition coefficient (Wildman–Crippen LogP) is 3.13. The summed E-state index contributed by atoms with van der Waals surface area (Å²) in [4.78, 5) is 16.2. The fourth-order valence-electron chi connectivity index (χ4n) is 2.45. The Kier molecular flexibility index (Phi) is 3.03. The number of carbonyl (C=O) groups is 1. The van der Waals surface area contributed by atoms with E-state index in [9.17, 15) is 4.79 Å². The topological polar surface area (TPSA) is 42.0 Å². The maximum atomic E-state index is 12.1. The maximum absolute atomic E-state index is 12.1. The first-order valence-corrected chi connectivity index (χ1v) is 6.58. The van der Waals surface area contributed by atoms with Crippen LogP contribution in [0.4, 0.5) is 5.69 Å². The quantitative estimate of drug-likeness (QED) is 0.892. The highest BCUT2D eigenvalue weighted by Crippen LogP contribution is 2.25. The zero-order valence-electron chi connectivity index (χ0n) is 10.9. The molecule has 1 aromatic heterocycles. The highest BCUT2D eigenvalue weighted by atomic mass is 16.1. The molecule has 1 aliphatic rings. The van der Waals surface area contributed by atoms with E-state index in [1.165, 1.54) is 17.5 Å². The highest BCUT2D eigenvalue weighted by Gasteiger charge is 2.12. The fourth-order valence-corrected chi connectivity index (χ4v) is 2.45. The van der Waals surface area contributed by atoms with Crippen LogP contribution in [0, 0.1) is 6.92 Å². The number of amides is 1. The number of nitrogens with one attached hydrogen (secondary N) is 1. The second-order valence-corrected chi connectivity index (χ2v) is 4.98. The Labute approximate surface area is 112 Å². The van der Waals surface area contributed by atoms with Gasteiger partial charge in [-0.25, -0.2) is 0 Å². The van der Waals surface area contributed by atoms with Gasteiger partial charge in [0.15, 0.2) is 0 Å². The molecule has 1 aromatic carbocycles. The number of benzene rings is 1. The van der Waals surface area contributed by atoms with Crippen molar-refractivity contribution in [3.8, 4) is 0 Å². The summed E-state index contributed by atoms with van der Waals surface area (Å²) in [6, 6.07) is 9.82. The van der Waals surface area contributed by atoms with E-state index >= 15 is 0 Å². The van der Waals surface area contributed by atoms with Crippen molar-refractivity contribution in [1.82, 2.24) is 4.98 Å². The lowest BCUT2D eigenvalue weighted by molar-refractivity contribution is 0.102.